The molecule has 1 N–H and O–H groups in total. The number of rotatable bonds is 5. The monoisotopic (exact) mass is 335 g/mol. The highest BCUT2D eigenvalue weighted by Crippen LogP contribution is 2.17. The van der Waals surface area contributed by atoms with Gasteiger partial charge in [0, 0.05) is 28.8 Å². The van der Waals surface area contributed by atoms with Crippen molar-refractivity contribution in [2.24, 2.45) is 0 Å². The highest BCUT2D eigenvalue weighted by molar-refractivity contribution is 6.30. The number of aromatic nitrogens is 1. The van der Waals surface area contributed by atoms with Gasteiger partial charge in [0.2, 0.25) is 0 Å². The van der Waals surface area contributed by atoms with Gasteiger partial charge in [0.15, 0.2) is 0 Å². The summed E-state index contributed by atoms with van der Waals surface area (Å²) in [5.41, 5.74) is 4.15. The highest BCUT2D eigenvalue weighted by Gasteiger charge is 2.00. The second-order valence-corrected chi connectivity index (χ2v) is 6.09. The Morgan fingerprint density at radius 2 is 2.00 bits per heavy atom. The first kappa shape index (κ1) is 16.2. The minimum absolute atomic E-state index is 0.606. The first-order valence-corrected chi connectivity index (χ1v) is 8.08. The maximum Gasteiger partial charge on any atom is 0.0860 e. The topological polar surface area (TPSA) is 40.0 Å². The minimum atomic E-state index is 0.606. The van der Waals surface area contributed by atoms with E-state index in [0.29, 0.717) is 11.6 Å². The summed E-state index contributed by atoms with van der Waals surface area (Å²) in [5.74, 6) is 0. The molecule has 0 radical (unpaired) electrons. The van der Waals surface area contributed by atoms with E-state index in [2.05, 4.69) is 17.1 Å². The molecule has 120 valence electrons. The number of benzene rings is 2. The second-order valence-electron chi connectivity index (χ2n) is 5.65. The highest BCUT2D eigenvalue weighted by atomic mass is 35.5. The van der Waals surface area contributed by atoms with E-state index in [4.69, 9.17) is 17.0 Å². The van der Waals surface area contributed by atoms with Crippen molar-refractivity contribution >= 4 is 34.9 Å². The molecule has 0 fully saturated rings. The number of fused-ring (bicyclic) bond motifs is 1. The van der Waals surface area contributed by atoms with E-state index in [1.54, 1.807) is 0 Å². The van der Waals surface area contributed by atoms with Crippen LogP contribution in [0.4, 0.5) is 0 Å². The molecular weight excluding hydrogens is 318 g/mol. The molecule has 0 saturated heterocycles. The van der Waals surface area contributed by atoms with Gasteiger partial charge in [-0.2, -0.15) is 0 Å². The lowest BCUT2D eigenvalue weighted by molar-refractivity contribution is 0.569. The summed E-state index contributed by atoms with van der Waals surface area (Å²) < 4.78 is 0. The first-order chi connectivity index (χ1) is 11.6. The zero-order valence-corrected chi connectivity index (χ0v) is 14.2. The van der Waals surface area contributed by atoms with E-state index in [0.717, 1.165) is 27.7 Å². The molecule has 0 aliphatic carbocycles. The van der Waals surface area contributed by atoms with Crippen molar-refractivity contribution in [2.45, 2.75) is 13.5 Å². The standard InChI is InChI=1S/C20H18ClN3/c1-15-5-7-18-11-16(6-8-20(18)23-15)9-10-24(14-22)13-17-3-2-4-19(21)12-17/h2-12,14,22H,13H2,1H3/b10-9+,22-14?. The van der Waals surface area contributed by atoms with Crippen LogP contribution in [-0.2, 0) is 6.54 Å². The van der Waals surface area contributed by atoms with Gasteiger partial charge in [0.1, 0.15) is 0 Å². The Hall–Kier alpha value is -2.65. The van der Waals surface area contributed by atoms with Crippen LogP contribution in [0.2, 0.25) is 5.02 Å². The molecule has 0 bridgehead atoms. The van der Waals surface area contributed by atoms with E-state index >= 15 is 0 Å². The maximum atomic E-state index is 7.59. The molecule has 24 heavy (non-hydrogen) atoms. The van der Waals surface area contributed by atoms with E-state index in [1.165, 1.54) is 6.34 Å². The lowest BCUT2D eigenvalue weighted by Crippen LogP contribution is -2.13. The zero-order valence-electron chi connectivity index (χ0n) is 13.4. The third kappa shape index (κ3) is 4.00. The van der Waals surface area contributed by atoms with Gasteiger partial charge in [-0.3, -0.25) is 10.4 Å². The molecule has 2 aromatic carbocycles. The molecule has 3 nitrogen and oxygen atoms in total. The number of nitrogens with zero attached hydrogens (tertiary/aromatic N) is 2. The van der Waals surface area contributed by atoms with Gasteiger partial charge in [-0.25, -0.2) is 0 Å². The maximum absolute atomic E-state index is 7.59. The smallest absolute Gasteiger partial charge is 0.0860 e. The lowest BCUT2D eigenvalue weighted by Gasteiger charge is -2.14. The van der Waals surface area contributed by atoms with E-state index in [9.17, 15) is 0 Å². The van der Waals surface area contributed by atoms with Crippen molar-refractivity contribution in [3.05, 3.63) is 82.6 Å². The molecule has 4 heteroatoms. The molecule has 3 rings (SSSR count). The third-order valence-corrected chi connectivity index (χ3v) is 3.97. The Morgan fingerprint density at radius 1 is 1.12 bits per heavy atom. The van der Waals surface area contributed by atoms with Crippen LogP contribution in [0, 0.1) is 12.3 Å². The summed E-state index contributed by atoms with van der Waals surface area (Å²) in [7, 11) is 0. The number of nitrogens with one attached hydrogen (secondary N) is 1. The fraction of sp³-hybridized carbons (Fsp3) is 0.100. The van der Waals surface area contributed by atoms with Crippen LogP contribution in [0.5, 0.6) is 0 Å². The predicted molar refractivity (Wildman–Crippen MR) is 101 cm³/mol. The van der Waals surface area contributed by atoms with Crippen LogP contribution in [-0.4, -0.2) is 16.2 Å². The average Bonchev–Trinajstić information content (AvgIpc) is 2.58. The van der Waals surface area contributed by atoms with E-state index in [1.807, 2.05) is 66.6 Å². The van der Waals surface area contributed by atoms with E-state index < -0.39 is 0 Å². The van der Waals surface area contributed by atoms with Crippen molar-refractivity contribution < 1.29 is 0 Å². The van der Waals surface area contributed by atoms with Crippen LogP contribution in [0.15, 0.2) is 60.8 Å². The van der Waals surface area contributed by atoms with E-state index in [-0.39, 0.29) is 0 Å². The van der Waals surface area contributed by atoms with Crippen molar-refractivity contribution in [3.8, 4) is 0 Å². The second kappa shape index (κ2) is 7.28. The van der Waals surface area contributed by atoms with Crippen molar-refractivity contribution in [3.63, 3.8) is 0 Å². The Morgan fingerprint density at radius 3 is 2.79 bits per heavy atom. The normalized spacial score (nSPS) is 11.1. The number of pyridine rings is 1. The summed E-state index contributed by atoms with van der Waals surface area (Å²) in [5, 5.41) is 9.41. The molecule has 3 aromatic rings. The van der Waals surface area contributed by atoms with Crippen LogP contribution >= 0.6 is 11.6 Å². The number of hydrogen-bond acceptors (Lipinski definition) is 2. The molecule has 0 aliphatic rings. The molecule has 0 unspecified atom stereocenters. The Balaban J connectivity index is 1.77. The van der Waals surface area contributed by atoms with Gasteiger partial charge in [-0.1, -0.05) is 35.9 Å². The van der Waals surface area contributed by atoms with Crippen molar-refractivity contribution in [1.82, 2.24) is 9.88 Å². The van der Waals surface area contributed by atoms with Gasteiger partial charge in [0.05, 0.1) is 11.9 Å². The summed E-state index contributed by atoms with van der Waals surface area (Å²) in [6, 6.07) is 17.9. The fourth-order valence-corrected chi connectivity index (χ4v) is 2.73. The fourth-order valence-electron chi connectivity index (χ4n) is 2.52. The molecule has 0 spiro atoms. The average molecular weight is 336 g/mol. The van der Waals surface area contributed by atoms with Crippen molar-refractivity contribution in [2.75, 3.05) is 0 Å². The van der Waals surface area contributed by atoms with Crippen LogP contribution in [0.1, 0.15) is 16.8 Å². The summed E-state index contributed by atoms with van der Waals surface area (Å²) in [6.45, 7) is 2.60. The van der Waals surface area contributed by atoms with Crippen LogP contribution in [0.25, 0.3) is 17.0 Å². The van der Waals surface area contributed by atoms with Crippen LogP contribution in [0.3, 0.4) is 0 Å². The van der Waals surface area contributed by atoms with Crippen LogP contribution < -0.4 is 0 Å². The van der Waals surface area contributed by atoms with Gasteiger partial charge >= 0.3 is 0 Å². The van der Waals surface area contributed by atoms with Gasteiger partial charge in [-0.15, -0.1) is 0 Å². The molecule has 0 atom stereocenters. The SMILES string of the molecule is Cc1ccc2cc(/C=C/N(C=N)Cc3cccc(Cl)c3)ccc2n1. The molecule has 1 heterocycles. The number of aryl methyl sites for hydroxylation is 1. The van der Waals surface area contributed by atoms with Gasteiger partial charge < -0.3 is 4.90 Å². The molecule has 0 saturated carbocycles. The van der Waals surface area contributed by atoms with Crippen molar-refractivity contribution in [1.29, 1.82) is 5.41 Å². The van der Waals surface area contributed by atoms with Gasteiger partial charge in [0.25, 0.3) is 0 Å². The quantitative estimate of drug-likeness (QED) is 0.509. The summed E-state index contributed by atoms with van der Waals surface area (Å²) >= 11 is 6.01. The summed E-state index contributed by atoms with van der Waals surface area (Å²) in [6.07, 6.45) is 5.20. The molecule has 1 aromatic heterocycles. The Bertz CT molecular complexity index is 902. The third-order valence-electron chi connectivity index (χ3n) is 3.73. The number of halogens is 1. The predicted octanol–water partition coefficient (Wildman–Crippen LogP) is 5.28. The lowest BCUT2D eigenvalue weighted by atomic mass is 10.1. The van der Waals surface area contributed by atoms with Gasteiger partial charge in [-0.05, 0) is 54.5 Å². The minimum Gasteiger partial charge on any atom is -0.335 e. The molecular formula is C20H18ClN3. The first-order valence-electron chi connectivity index (χ1n) is 7.70. The molecule has 0 amide bonds. The zero-order chi connectivity index (χ0) is 16.9. The summed E-state index contributed by atoms with van der Waals surface area (Å²) in [4.78, 5) is 6.32. The Labute approximate surface area is 146 Å². The number of hydrogen-bond donors (Lipinski definition) is 1. The Kier molecular flexibility index (Phi) is 4.92. The molecule has 0 aliphatic heterocycles. The largest absolute Gasteiger partial charge is 0.335 e.